The van der Waals surface area contributed by atoms with Crippen molar-refractivity contribution < 1.29 is 0 Å². The van der Waals surface area contributed by atoms with Gasteiger partial charge in [-0.2, -0.15) is 9.97 Å². The van der Waals surface area contributed by atoms with E-state index >= 15 is 0 Å². The molecule has 108 valence electrons. The molecule has 3 rings (SSSR count). The third-order valence-electron chi connectivity index (χ3n) is 2.70. The van der Waals surface area contributed by atoms with Gasteiger partial charge in [0.2, 0.25) is 0 Å². The summed E-state index contributed by atoms with van der Waals surface area (Å²) in [4.78, 5) is 16.1. The molecular weight excluding hydrogens is 280 g/mol. The second-order valence-corrected chi connectivity index (χ2v) is 4.33. The van der Waals surface area contributed by atoms with Crippen molar-refractivity contribution in [3.05, 3.63) is 48.7 Å². The molecule has 0 aliphatic rings. The van der Waals surface area contributed by atoms with Crippen LogP contribution in [0.15, 0.2) is 58.9 Å². The third kappa shape index (κ3) is 3.18. The Balaban J connectivity index is 1.88. The fourth-order valence-electron chi connectivity index (χ4n) is 1.77. The number of hydrogen-bond acceptors (Lipinski definition) is 8. The highest BCUT2D eigenvalue weighted by atomic mass is 15.3. The van der Waals surface area contributed by atoms with Gasteiger partial charge in [-0.05, 0) is 6.07 Å². The van der Waals surface area contributed by atoms with Crippen molar-refractivity contribution >= 4 is 23.5 Å². The van der Waals surface area contributed by atoms with E-state index in [9.17, 15) is 0 Å². The van der Waals surface area contributed by atoms with Crippen LogP contribution in [0.3, 0.4) is 0 Å². The number of nitrogens with zero attached hydrogens (tertiary/aromatic N) is 6. The summed E-state index contributed by atoms with van der Waals surface area (Å²) in [5.41, 5.74) is 12.8. The van der Waals surface area contributed by atoms with Crippen molar-refractivity contribution in [3.8, 4) is 11.3 Å². The lowest BCUT2D eigenvalue weighted by Crippen LogP contribution is -1.96. The van der Waals surface area contributed by atoms with Gasteiger partial charge in [-0.1, -0.05) is 30.3 Å². The van der Waals surface area contributed by atoms with Crippen LogP contribution in [0.5, 0.6) is 0 Å². The van der Waals surface area contributed by atoms with E-state index < -0.39 is 0 Å². The molecule has 8 nitrogen and oxygen atoms in total. The fraction of sp³-hybridized carbons (Fsp3) is 0. The van der Waals surface area contributed by atoms with Gasteiger partial charge in [0.05, 0.1) is 5.69 Å². The molecule has 0 aliphatic carbocycles. The zero-order chi connectivity index (χ0) is 15.4. The number of anilines is 2. The summed E-state index contributed by atoms with van der Waals surface area (Å²) in [5, 5.41) is 7.76. The van der Waals surface area contributed by atoms with Crippen LogP contribution >= 0.6 is 0 Å². The number of rotatable bonds is 3. The first-order valence-electron chi connectivity index (χ1n) is 6.41. The zero-order valence-corrected chi connectivity index (χ0v) is 11.5. The predicted molar refractivity (Wildman–Crippen MR) is 82.5 cm³/mol. The molecular formula is C14H12N8. The van der Waals surface area contributed by atoms with Crippen LogP contribution in [-0.2, 0) is 0 Å². The normalized spacial score (nSPS) is 10.9. The summed E-state index contributed by atoms with van der Waals surface area (Å²) in [6, 6.07) is 12.9. The Morgan fingerprint density at radius 2 is 1.45 bits per heavy atom. The van der Waals surface area contributed by atoms with Crippen LogP contribution in [0.2, 0.25) is 0 Å². The second kappa shape index (κ2) is 5.92. The Labute approximate surface area is 126 Å². The molecule has 0 radical (unpaired) electrons. The molecule has 1 aromatic carbocycles. The van der Waals surface area contributed by atoms with Crippen molar-refractivity contribution in [1.82, 2.24) is 19.9 Å². The molecule has 2 heterocycles. The minimum Gasteiger partial charge on any atom is -0.383 e. The number of nitrogens with two attached hydrogens (primary N) is 2. The van der Waals surface area contributed by atoms with Crippen molar-refractivity contribution in [2.45, 2.75) is 0 Å². The molecule has 4 N–H and O–H groups in total. The molecule has 0 unspecified atom stereocenters. The first-order chi connectivity index (χ1) is 10.7. The Morgan fingerprint density at radius 3 is 2.18 bits per heavy atom. The molecule has 2 aromatic heterocycles. The van der Waals surface area contributed by atoms with Crippen LogP contribution in [-0.4, -0.2) is 19.9 Å². The van der Waals surface area contributed by atoms with Crippen molar-refractivity contribution in [2.24, 2.45) is 10.2 Å². The van der Waals surface area contributed by atoms with E-state index in [1.165, 1.54) is 6.07 Å². The zero-order valence-electron chi connectivity index (χ0n) is 11.5. The summed E-state index contributed by atoms with van der Waals surface area (Å²) in [5.74, 6) is 0.706. The SMILES string of the molecule is Nc1cc(N)nc(N=Nc2nccc(-c3ccccc3)n2)n1. The Hall–Kier alpha value is -3.42. The summed E-state index contributed by atoms with van der Waals surface area (Å²) < 4.78 is 0. The van der Waals surface area contributed by atoms with Crippen LogP contribution in [0.1, 0.15) is 0 Å². The van der Waals surface area contributed by atoms with Gasteiger partial charge in [0.25, 0.3) is 11.9 Å². The quantitative estimate of drug-likeness (QED) is 0.713. The van der Waals surface area contributed by atoms with Crippen molar-refractivity contribution in [2.75, 3.05) is 11.5 Å². The highest BCUT2D eigenvalue weighted by molar-refractivity contribution is 5.59. The van der Waals surface area contributed by atoms with E-state index in [-0.39, 0.29) is 23.5 Å². The van der Waals surface area contributed by atoms with Gasteiger partial charge in [0.1, 0.15) is 11.6 Å². The minimum atomic E-state index is 0.0613. The topological polar surface area (TPSA) is 128 Å². The fourth-order valence-corrected chi connectivity index (χ4v) is 1.77. The molecule has 0 saturated heterocycles. The van der Waals surface area contributed by atoms with Gasteiger partial charge < -0.3 is 11.5 Å². The molecule has 0 bridgehead atoms. The molecule has 0 saturated carbocycles. The smallest absolute Gasteiger partial charge is 0.272 e. The van der Waals surface area contributed by atoms with E-state index in [1.54, 1.807) is 12.3 Å². The number of hydrogen-bond donors (Lipinski definition) is 2. The second-order valence-electron chi connectivity index (χ2n) is 4.33. The molecule has 0 spiro atoms. The highest BCUT2D eigenvalue weighted by Crippen LogP contribution is 2.19. The third-order valence-corrected chi connectivity index (χ3v) is 2.70. The summed E-state index contributed by atoms with van der Waals surface area (Å²) in [6.07, 6.45) is 1.61. The summed E-state index contributed by atoms with van der Waals surface area (Å²) >= 11 is 0. The standard InChI is InChI=1S/C14H12N8/c15-11-8-12(16)20-14(19-11)22-21-13-17-7-6-10(18-13)9-4-2-1-3-5-9/h1-8H,(H4,15,16,19,20). The molecule has 8 heteroatoms. The maximum atomic E-state index is 5.56. The van der Waals surface area contributed by atoms with E-state index in [0.717, 1.165) is 11.3 Å². The van der Waals surface area contributed by atoms with Crippen LogP contribution in [0.4, 0.5) is 23.5 Å². The van der Waals surface area contributed by atoms with Gasteiger partial charge in [-0.3, -0.25) is 0 Å². The van der Waals surface area contributed by atoms with Crippen LogP contribution < -0.4 is 11.5 Å². The maximum Gasteiger partial charge on any atom is 0.272 e. The highest BCUT2D eigenvalue weighted by Gasteiger charge is 2.02. The van der Waals surface area contributed by atoms with Gasteiger partial charge >= 0.3 is 0 Å². The summed E-state index contributed by atoms with van der Waals surface area (Å²) in [6.45, 7) is 0. The predicted octanol–water partition coefficient (Wildman–Crippen LogP) is 2.51. The lowest BCUT2D eigenvalue weighted by Gasteiger charge is -2.00. The van der Waals surface area contributed by atoms with Crippen molar-refractivity contribution in [1.29, 1.82) is 0 Å². The molecule has 22 heavy (non-hydrogen) atoms. The van der Waals surface area contributed by atoms with Crippen LogP contribution in [0, 0.1) is 0 Å². The molecule has 0 atom stereocenters. The van der Waals surface area contributed by atoms with E-state index in [4.69, 9.17) is 11.5 Å². The number of nitrogen functional groups attached to an aromatic ring is 2. The number of aromatic nitrogens is 4. The first kappa shape index (κ1) is 13.6. The summed E-state index contributed by atoms with van der Waals surface area (Å²) in [7, 11) is 0. The Morgan fingerprint density at radius 1 is 0.773 bits per heavy atom. The largest absolute Gasteiger partial charge is 0.383 e. The molecule has 0 fully saturated rings. The van der Waals surface area contributed by atoms with E-state index in [0.29, 0.717) is 0 Å². The monoisotopic (exact) mass is 292 g/mol. The molecule has 0 aliphatic heterocycles. The van der Waals surface area contributed by atoms with Gasteiger partial charge in [0.15, 0.2) is 0 Å². The van der Waals surface area contributed by atoms with E-state index in [1.807, 2.05) is 30.3 Å². The van der Waals surface area contributed by atoms with Gasteiger partial charge in [-0.15, -0.1) is 10.2 Å². The molecule has 0 amide bonds. The average molecular weight is 292 g/mol. The average Bonchev–Trinajstić information content (AvgIpc) is 2.53. The van der Waals surface area contributed by atoms with Gasteiger partial charge in [0, 0.05) is 17.8 Å². The number of azo groups is 1. The Kier molecular flexibility index (Phi) is 3.65. The van der Waals surface area contributed by atoms with E-state index in [2.05, 4.69) is 30.2 Å². The lowest BCUT2D eigenvalue weighted by molar-refractivity contribution is 1.02. The lowest BCUT2D eigenvalue weighted by atomic mass is 10.1. The van der Waals surface area contributed by atoms with Crippen LogP contribution in [0.25, 0.3) is 11.3 Å². The molecule has 3 aromatic rings. The van der Waals surface area contributed by atoms with Crippen molar-refractivity contribution in [3.63, 3.8) is 0 Å². The first-order valence-corrected chi connectivity index (χ1v) is 6.41. The number of benzene rings is 1. The van der Waals surface area contributed by atoms with Gasteiger partial charge in [-0.25, -0.2) is 9.97 Å². The minimum absolute atomic E-state index is 0.0613. The maximum absolute atomic E-state index is 5.56. The Bertz CT molecular complexity index is 796.